The zero-order valence-electron chi connectivity index (χ0n) is 15.5. The summed E-state index contributed by atoms with van der Waals surface area (Å²) in [5.41, 5.74) is 6.54. The van der Waals surface area contributed by atoms with Crippen LogP contribution in [0.1, 0.15) is 48.0 Å². The molecule has 2 heterocycles. The van der Waals surface area contributed by atoms with Crippen LogP contribution < -0.4 is 5.73 Å². The van der Waals surface area contributed by atoms with Gasteiger partial charge in [0.2, 0.25) is 15.9 Å². The molecule has 0 radical (unpaired) electrons. The molecule has 0 spiro atoms. The van der Waals surface area contributed by atoms with Crippen LogP contribution in [-0.2, 0) is 20.6 Å². The highest BCUT2D eigenvalue weighted by Crippen LogP contribution is 2.20. The minimum atomic E-state index is -3.31. The molecule has 1 aromatic rings. The van der Waals surface area contributed by atoms with E-state index in [1.165, 1.54) is 0 Å². The first kappa shape index (κ1) is 19.8. The highest BCUT2D eigenvalue weighted by Gasteiger charge is 2.27. The van der Waals surface area contributed by atoms with Crippen LogP contribution in [0.2, 0.25) is 0 Å². The molecule has 7 nitrogen and oxygen atoms in total. The van der Waals surface area contributed by atoms with E-state index < -0.39 is 10.0 Å². The third-order valence-corrected chi connectivity index (χ3v) is 7.29. The van der Waals surface area contributed by atoms with Gasteiger partial charge in [0, 0.05) is 37.7 Å². The Labute approximate surface area is 160 Å². The van der Waals surface area contributed by atoms with Crippen LogP contribution in [0.5, 0.6) is 0 Å². The Morgan fingerprint density at radius 2 is 1.56 bits per heavy atom. The molecular formula is C19H27N3O4S. The maximum atomic E-state index is 12.6. The second-order valence-corrected chi connectivity index (χ2v) is 9.35. The van der Waals surface area contributed by atoms with Crippen LogP contribution >= 0.6 is 0 Å². The van der Waals surface area contributed by atoms with Gasteiger partial charge >= 0.3 is 0 Å². The molecule has 2 N–H and O–H groups in total. The monoisotopic (exact) mass is 393 g/mol. The smallest absolute Gasteiger partial charge is 0.253 e. The van der Waals surface area contributed by atoms with E-state index in [2.05, 4.69) is 0 Å². The van der Waals surface area contributed by atoms with E-state index in [0.29, 0.717) is 50.1 Å². The molecular weight excluding hydrogens is 366 g/mol. The number of amides is 2. The zero-order valence-corrected chi connectivity index (χ0v) is 16.3. The van der Waals surface area contributed by atoms with Gasteiger partial charge in [0.25, 0.3) is 5.91 Å². The lowest BCUT2D eigenvalue weighted by Gasteiger charge is -2.30. The lowest BCUT2D eigenvalue weighted by atomic mass is 9.96. The van der Waals surface area contributed by atoms with Crippen molar-refractivity contribution in [3.8, 4) is 0 Å². The Kier molecular flexibility index (Phi) is 6.16. The van der Waals surface area contributed by atoms with Crippen molar-refractivity contribution in [2.45, 2.75) is 37.9 Å². The number of nitrogens with zero attached hydrogens (tertiary/aromatic N) is 2. The number of carbonyl (C=O) groups excluding carboxylic acids is 2. The fourth-order valence-corrected chi connectivity index (χ4v) is 5.35. The fraction of sp³-hybridized carbons (Fsp3) is 0.579. The SMILES string of the molecule is NC(=O)C1CCN(C(=O)c2ccc(CS(=O)(=O)N3CCCCC3)cc2)CC1. The van der Waals surface area contributed by atoms with Gasteiger partial charge in [-0.15, -0.1) is 0 Å². The van der Waals surface area contributed by atoms with Crippen molar-refractivity contribution < 1.29 is 18.0 Å². The molecule has 2 aliphatic rings. The Morgan fingerprint density at radius 1 is 0.963 bits per heavy atom. The highest BCUT2D eigenvalue weighted by molar-refractivity contribution is 7.88. The quantitative estimate of drug-likeness (QED) is 0.816. The standard InChI is InChI=1S/C19H27N3O4S/c20-18(23)16-8-12-21(13-9-16)19(24)17-6-4-15(5-7-17)14-27(25,26)22-10-2-1-3-11-22/h4-7,16H,1-3,8-14H2,(H2,20,23). The number of nitrogens with two attached hydrogens (primary N) is 1. The third kappa shape index (κ3) is 4.87. The summed E-state index contributed by atoms with van der Waals surface area (Å²) in [5.74, 6) is -0.591. The van der Waals surface area contributed by atoms with Crippen molar-refractivity contribution in [2.24, 2.45) is 11.7 Å². The Balaban J connectivity index is 1.60. The maximum Gasteiger partial charge on any atom is 0.253 e. The van der Waals surface area contributed by atoms with Gasteiger partial charge in [-0.25, -0.2) is 12.7 Å². The van der Waals surface area contributed by atoms with Crippen LogP contribution in [-0.4, -0.2) is 55.6 Å². The molecule has 3 rings (SSSR count). The molecule has 2 amide bonds. The average molecular weight is 394 g/mol. The van der Waals surface area contributed by atoms with Crippen LogP contribution in [0, 0.1) is 5.92 Å². The summed E-state index contributed by atoms with van der Waals surface area (Å²) in [6, 6.07) is 6.79. The summed E-state index contributed by atoms with van der Waals surface area (Å²) < 4.78 is 26.6. The van der Waals surface area contributed by atoms with E-state index >= 15 is 0 Å². The Bertz CT molecular complexity index is 778. The van der Waals surface area contributed by atoms with Gasteiger partial charge in [0.1, 0.15) is 0 Å². The number of piperidine rings is 2. The van der Waals surface area contributed by atoms with Gasteiger partial charge in [-0.3, -0.25) is 9.59 Å². The number of likely N-dealkylation sites (tertiary alicyclic amines) is 1. The second-order valence-electron chi connectivity index (χ2n) is 7.38. The molecule has 0 bridgehead atoms. The van der Waals surface area contributed by atoms with E-state index in [0.717, 1.165) is 19.3 Å². The number of hydrogen-bond acceptors (Lipinski definition) is 4. The van der Waals surface area contributed by atoms with E-state index in [9.17, 15) is 18.0 Å². The average Bonchev–Trinajstić information content (AvgIpc) is 2.68. The van der Waals surface area contributed by atoms with Crippen molar-refractivity contribution in [3.63, 3.8) is 0 Å². The van der Waals surface area contributed by atoms with Crippen LogP contribution in [0.4, 0.5) is 0 Å². The van der Waals surface area contributed by atoms with Crippen molar-refractivity contribution in [1.82, 2.24) is 9.21 Å². The number of primary amides is 1. The number of sulfonamides is 1. The normalized spacial score (nSPS) is 19.8. The molecule has 0 aliphatic carbocycles. The summed E-state index contributed by atoms with van der Waals surface area (Å²) in [4.78, 5) is 25.6. The zero-order chi connectivity index (χ0) is 19.4. The van der Waals surface area contributed by atoms with Crippen molar-refractivity contribution in [2.75, 3.05) is 26.2 Å². The van der Waals surface area contributed by atoms with Gasteiger partial charge in [0.15, 0.2) is 0 Å². The molecule has 0 saturated carbocycles. The molecule has 1 aromatic carbocycles. The summed E-state index contributed by atoms with van der Waals surface area (Å²) in [5, 5.41) is 0. The second kappa shape index (κ2) is 8.39. The van der Waals surface area contributed by atoms with E-state index in [4.69, 9.17) is 5.73 Å². The maximum absolute atomic E-state index is 12.6. The van der Waals surface area contributed by atoms with Gasteiger partial charge in [0.05, 0.1) is 5.75 Å². The molecule has 148 valence electrons. The molecule has 0 unspecified atom stereocenters. The van der Waals surface area contributed by atoms with E-state index in [1.807, 2.05) is 0 Å². The molecule has 0 aromatic heterocycles. The van der Waals surface area contributed by atoms with Gasteiger partial charge in [-0.2, -0.15) is 0 Å². The summed E-state index contributed by atoms with van der Waals surface area (Å²) in [7, 11) is -3.31. The largest absolute Gasteiger partial charge is 0.369 e. The minimum absolute atomic E-state index is 0.0362. The van der Waals surface area contributed by atoms with E-state index in [-0.39, 0.29) is 23.5 Å². The topological polar surface area (TPSA) is 101 Å². The van der Waals surface area contributed by atoms with Gasteiger partial charge in [-0.1, -0.05) is 18.6 Å². The molecule has 2 saturated heterocycles. The summed E-state index contributed by atoms with van der Waals surface area (Å²) in [6.07, 6.45) is 4.10. The molecule has 2 fully saturated rings. The lowest BCUT2D eigenvalue weighted by molar-refractivity contribution is -0.123. The first-order valence-electron chi connectivity index (χ1n) is 9.52. The van der Waals surface area contributed by atoms with Crippen LogP contribution in [0.25, 0.3) is 0 Å². The number of hydrogen-bond donors (Lipinski definition) is 1. The number of carbonyl (C=O) groups is 2. The predicted molar refractivity (Wildman–Crippen MR) is 102 cm³/mol. The first-order valence-corrected chi connectivity index (χ1v) is 11.1. The third-order valence-electron chi connectivity index (χ3n) is 5.44. The summed E-state index contributed by atoms with van der Waals surface area (Å²) >= 11 is 0. The predicted octanol–water partition coefficient (Wildman–Crippen LogP) is 1.34. The molecule has 0 atom stereocenters. The van der Waals surface area contributed by atoms with Crippen molar-refractivity contribution in [1.29, 1.82) is 0 Å². The molecule has 8 heteroatoms. The minimum Gasteiger partial charge on any atom is -0.369 e. The molecule has 27 heavy (non-hydrogen) atoms. The summed E-state index contributed by atoms with van der Waals surface area (Å²) in [6.45, 7) is 2.22. The molecule has 2 aliphatic heterocycles. The van der Waals surface area contributed by atoms with Gasteiger partial charge in [-0.05, 0) is 43.4 Å². The number of benzene rings is 1. The highest BCUT2D eigenvalue weighted by atomic mass is 32.2. The first-order chi connectivity index (χ1) is 12.9. The van der Waals surface area contributed by atoms with Crippen molar-refractivity contribution in [3.05, 3.63) is 35.4 Å². The van der Waals surface area contributed by atoms with Crippen LogP contribution in [0.3, 0.4) is 0 Å². The van der Waals surface area contributed by atoms with Gasteiger partial charge < -0.3 is 10.6 Å². The Morgan fingerprint density at radius 3 is 2.11 bits per heavy atom. The van der Waals surface area contributed by atoms with Crippen LogP contribution in [0.15, 0.2) is 24.3 Å². The Hall–Kier alpha value is -1.93. The lowest BCUT2D eigenvalue weighted by Crippen LogP contribution is -2.41. The van der Waals surface area contributed by atoms with Crippen molar-refractivity contribution >= 4 is 21.8 Å². The fourth-order valence-electron chi connectivity index (χ4n) is 3.74. The number of rotatable bonds is 5. The van der Waals surface area contributed by atoms with E-state index in [1.54, 1.807) is 33.5 Å².